The third kappa shape index (κ3) is 5.12. The fourth-order valence-electron chi connectivity index (χ4n) is 3.18. The van der Waals surface area contributed by atoms with Crippen LogP contribution in [0.5, 0.6) is 5.75 Å². The Balaban J connectivity index is 1.49. The maximum atomic E-state index is 12.1. The Labute approximate surface area is 153 Å². The van der Waals surface area contributed by atoms with Crippen LogP contribution in [0.2, 0.25) is 0 Å². The highest BCUT2D eigenvalue weighted by Crippen LogP contribution is 2.23. The van der Waals surface area contributed by atoms with E-state index in [4.69, 9.17) is 4.74 Å². The van der Waals surface area contributed by atoms with E-state index in [1.165, 1.54) is 0 Å². The van der Waals surface area contributed by atoms with Crippen LogP contribution in [0, 0.1) is 0 Å². The molecule has 140 valence electrons. The van der Waals surface area contributed by atoms with Crippen LogP contribution < -0.4 is 15.0 Å². The molecule has 1 saturated heterocycles. The summed E-state index contributed by atoms with van der Waals surface area (Å²) in [5.41, 5.74) is 0.280. The van der Waals surface area contributed by atoms with Crippen molar-refractivity contribution in [1.29, 1.82) is 0 Å². The lowest BCUT2D eigenvalue weighted by molar-refractivity contribution is 0.0256. The predicted octanol–water partition coefficient (Wildman–Crippen LogP) is 1.95. The van der Waals surface area contributed by atoms with E-state index in [1.54, 1.807) is 18.5 Å². The Hall–Kier alpha value is -2.25. The van der Waals surface area contributed by atoms with Crippen molar-refractivity contribution in [3.63, 3.8) is 0 Å². The van der Waals surface area contributed by atoms with Crippen LogP contribution in [0.15, 0.2) is 42.7 Å². The molecule has 3 rings (SSSR count). The number of ether oxygens (including phenoxy) is 1. The molecular formula is C19H25FN4O2. The summed E-state index contributed by atoms with van der Waals surface area (Å²) in [6.07, 6.45) is 5.08. The van der Waals surface area contributed by atoms with Crippen LogP contribution in [-0.2, 0) is 6.54 Å². The number of nitrogens with zero attached hydrogens (tertiary/aromatic N) is 3. The van der Waals surface area contributed by atoms with E-state index in [-0.39, 0.29) is 6.61 Å². The SMILES string of the molecule is O[C@]1(CNCc2ccc(OCCF)cc2)CCCN(c2ncccn2)C1. The standard InChI is InChI=1S/C19H25FN4O2/c20-8-12-26-17-5-3-16(4-6-17)13-21-14-19(25)7-1-11-24(15-19)18-22-9-2-10-23-18/h2-6,9-10,21,25H,1,7-8,11-15H2/t19-/m0/s1. The zero-order valence-corrected chi connectivity index (χ0v) is 14.8. The zero-order chi connectivity index (χ0) is 18.2. The minimum atomic E-state index is -0.804. The topological polar surface area (TPSA) is 70.5 Å². The summed E-state index contributed by atoms with van der Waals surface area (Å²) < 4.78 is 17.3. The molecule has 0 saturated carbocycles. The fourth-order valence-corrected chi connectivity index (χ4v) is 3.18. The molecule has 1 aromatic carbocycles. The van der Waals surface area contributed by atoms with E-state index in [0.29, 0.717) is 31.3 Å². The molecule has 1 fully saturated rings. The average molecular weight is 360 g/mol. The van der Waals surface area contributed by atoms with Gasteiger partial charge in [-0.15, -0.1) is 0 Å². The van der Waals surface area contributed by atoms with Crippen LogP contribution in [0.25, 0.3) is 0 Å². The number of aromatic nitrogens is 2. The van der Waals surface area contributed by atoms with E-state index in [9.17, 15) is 9.50 Å². The molecule has 0 spiro atoms. The minimum absolute atomic E-state index is 0.0757. The fraction of sp³-hybridized carbons (Fsp3) is 0.474. The van der Waals surface area contributed by atoms with Crippen LogP contribution in [0.4, 0.5) is 10.3 Å². The van der Waals surface area contributed by atoms with Crippen LogP contribution in [0.1, 0.15) is 18.4 Å². The van der Waals surface area contributed by atoms with Crippen molar-refractivity contribution in [1.82, 2.24) is 15.3 Å². The van der Waals surface area contributed by atoms with Crippen molar-refractivity contribution < 1.29 is 14.2 Å². The van der Waals surface area contributed by atoms with Gasteiger partial charge >= 0.3 is 0 Å². The third-order valence-corrected chi connectivity index (χ3v) is 4.44. The van der Waals surface area contributed by atoms with Gasteiger partial charge < -0.3 is 20.1 Å². The lowest BCUT2D eigenvalue weighted by atomic mass is 9.93. The molecule has 2 N–H and O–H groups in total. The molecule has 0 unspecified atom stereocenters. The van der Waals surface area contributed by atoms with Crippen LogP contribution in [0.3, 0.4) is 0 Å². The van der Waals surface area contributed by atoms with E-state index in [0.717, 1.165) is 24.9 Å². The van der Waals surface area contributed by atoms with E-state index >= 15 is 0 Å². The van der Waals surface area contributed by atoms with E-state index < -0.39 is 12.3 Å². The second-order valence-electron chi connectivity index (χ2n) is 6.58. The van der Waals surface area contributed by atoms with Crippen molar-refractivity contribution in [2.75, 3.05) is 37.8 Å². The molecule has 1 aliphatic rings. The smallest absolute Gasteiger partial charge is 0.225 e. The van der Waals surface area contributed by atoms with Crippen molar-refractivity contribution in [3.8, 4) is 5.75 Å². The van der Waals surface area contributed by atoms with Crippen molar-refractivity contribution >= 4 is 5.95 Å². The summed E-state index contributed by atoms with van der Waals surface area (Å²) in [4.78, 5) is 10.6. The summed E-state index contributed by atoms with van der Waals surface area (Å²) in [5.74, 6) is 1.32. The molecule has 7 heteroatoms. The second-order valence-corrected chi connectivity index (χ2v) is 6.58. The first-order valence-corrected chi connectivity index (χ1v) is 8.91. The van der Waals surface area contributed by atoms with E-state index in [1.807, 2.05) is 29.2 Å². The van der Waals surface area contributed by atoms with Crippen LogP contribution >= 0.6 is 0 Å². The van der Waals surface area contributed by atoms with Gasteiger partial charge in [0.1, 0.15) is 19.0 Å². The molecular weight excluding hydrogens is 335 g/mol. The number of hydrogen-bond donors (Lipinski definition) is 2. The molecule has 26 heavy (non-hydrogen) atoms. The van der Waals surface area contributed by atoms with Gasteiger partial charge in [0.25, 0.3) is 0 Å². The summed E-state index contributed by atoms with van der Waals surface area (Å²) in [6, 6.07) is 9.33. The summed E-state index contributed by atoms with van der Waals surface area (Å²) in [5, 5.41) is 14.2. The molecule has 1 atom stereocenters. The molecule has 0 amide bonds. The highest BCUT2D eigenvalue weighted by atomic mass is 19.1. The van der Waals surface area contributed by atoms with Gasteiger partial charge in [0, 0.05) is 32.0 Å². The Morgan fingerprint density at radius 3 is 2.73 bits per heavy atom. The van der Waals surface area contributed by atoms with Gasteiger partial charge in [-0.25, -0.2) is 14.4 Å². The first kappa shape index (κ1) is 18.5. The van der Waals surface area contributed by atoms with Gasteiger partial charge in [-0.05, 0) is 36.6 Å². The minimum Gasteiger partial charge on any atom is -0.491 e. The number of β-amino-alcohol motifs (C(OH)–C–C–N with tert-alkyl or cyclic N) is 1. The van der Waals surface area contributed by atoms with Crippen LogP contribution in [-0.4, -0.2) is 53.6 Å². The Morgan fingerprint density at radius 2 is 2.00 bits per heavy atom. The molecule has 2 aromatic rings. The van der Waals surface area contributed by atoms with Crippen molar-refractivity contribution in [3.05, 3.63) is 48.3 Å². The average Bonchev–Trinajstić information content (AvgIpc) is 2.68. The predicted molar refractivity (Wildman–Crippen MR) is 98.0 cm³/mol. The number of piperidine rings is 1. The molecule has 1 aromatic heterocycles. The quantitative estimate of drug-likeness (QED) is 0.750. The number of halogens is 1. The zero-order valence-electron chi connectivity index (χ0n) is 14.8. The normalized spacial score (nSPS) is 20.2. The van der Waals surface area contributed by atoms with Crippen molar-refractivity contribution in [2.45, 2.75) is 25.0 Å². The first-order chi connectivity index (χ1) is 12.7. The van der Waals surface area contributed by atoms with Gasteiger partial charge in [0.15, 0.2) is 0 Å². The molecule has 2 heterocycles. The Bertz CT molecular complexity index is 671. The Morgan fingerprint density at radius 1 is 1.23 bits per heavy atom. The summed E-state index contributed by atoms with van der Waals surface area (Å²) in [6.45, 7) is 2.09. The number of nitrogens with one attached hydrogen (secondary N) is 1. The number of rotatable bonds is 8. The molecule has 1 aliphatic heterocycles. The maximum absolute atomic E-state index is 12.1. The lowest BCUT2D eigenvalue weighted by Crippen LogP contribution is -2.53. The summed E-state index contributed by atoms with van der Waals surface area (Å²) in [7, 11) is 0. The van der Waals surface area contributed by atoms with Gasteiger partial charge in [0.2, 0.25) is 5.95 Å². The highest BCUT2D eigenvalue weighted by molar-refractivity contribution is 5.31. The van der Waals surface area contributed by atoms with Gasteiger partial charge in [-0.2, -0.15) is 0 Å². The maximum Gasteiger partial charge on any atom is 0.225 e. The number of alkyl halides is 1. The number of anilines is 1. The monoisotopic (exact) mass is 360 g/mol. The molecule has 6 nitrogen and oxygen atoms in total. The molecule has 0 aliphatic carbocycles. The molecule has 0 radical (unpaired) electrons. The number of hydrogen-bond acceptors (Lipinski definition) is 6. The van der Waals surface area contributed by atoms with Gasteiger partial charge in [0.05, 0.1) is 12.1 Å². The number of benzene rings is 1. The Kier molecular flexibility index (Phi) is 6.35. The first-order valence-electron chi connectivity index (χ1n) is 8.91. The number of aliphatic hydroxyl groups is 1. The lowest BCUT2D eigenvalue weighted by Gasteiger charge is -2.39. The van der Waals surface area contributed by atoms with Crippen molar-refractivity contribution in [2.24, 2.45) is 0 Å². The van der Waals surface area contributed by atoms with Gasteiger partial charge in [-0.1, -0.05) is 12.1 Å². The molecule has 0 bridgehead atoms. The third-order valence-electron chi connectivity index (χ3n) is 4.44. The van der Waals surface area contributed by atoms with Gasteiger partial charge in [-0.3, -0.25) is 0 Å². The van der Waals surface area contributed by atoms with E-state index in [2.05, 4.69) is 15.3 Å². The largest absolute Gasteiger partial charge is 0.491 e. The second kappa shape index (κ2) is 8.91. The highest BCUT2D eigenvalue weighted by Gasteiger charge is 2.33. The summed E-state index contributed by atoms with van der Waals surface area (Å²) >= 11 is 0.